The molecule has 1 aromatic heterocycles. The number of rotatable bonds is 5. The van der Waals surface area contributed by atoms with Gasteiger partial charge in [-0.2, -0.15) is 5.26 Å². The van der Waals surface area contributed by atoms with Crippen LogP contribution in [0.5, 0.6) is 0 Å². The van der Waals surface area contributed by atoms with Gasteiger partial charge in [-0.25, -0.2) is 0 Å². The molecule has 0 bridgehead atoms. The lowest BCUT2D eigenvalue weighted by molar-refractivity contribution is 0.518. The molecule has 1 aromatic carbocycles. The molecule has 0 unspecified atom stereocenters. The van der Waals surface area contributed by atoms with Crippen molar-refractivity contribution in [1.29, 1.82) is 5.26 Å². The number of nitriles is 1. The van der Waals surface area contributed by atoms with Crippen LogP contribution in [0.4, 0.5) is 0 Å². The highest BCUT2D eigenvalue weighted by Crippen LogP contribution is 2.26. The number of hydrogen-bond acceptors (Lipinski definition) is 3. The van der Waals surface area contributed by atoms with E-state index in [1.165, 1.54) is 4.88 Å². The van der Waals surface area contributed by atoms with Crippen molar-refractivity contribution >= 4 is 41.3 Å². The molecular weight excluding hydrogens is 431 g/mol. The quantitative estimate of drug-likeness (QED) is 0.410. The lowest BCUT2D eigenvalue weighted by atomic mass is 9.91. The summed E-state index contributed by atoms with van der Waals surface area (Å²) in [6.45, 7) is 5.92. The summed E-state index contributed by atoms with van der Waals surface area (Å²) >= 11 is 1.78. The molecule has 0 atom stereocenters. The molecule has 2 aromatic rings. The van der Waals surface area contributed by atoms with Crippen LogP contribution in [0.3, 0.4) is 0 Å². The maximum Gasteiger partial charge on any atom is 0.191 e. The molecule has 24 heavy (non-hydrogen) atoms. The normalized spacial score (nSPS) is 11.3. The number of hydrogen-bond donors (Lipinski definition) is 2. The van der Waals surface area contributed by atoms with Crippen LogP contribution in [0.1, 0.15) is 29.9 Å². The smallest absolute Gasteiger partial charge is 0.191 e. The van der Waals surface area contributed by atoms with E-state index in [0.717, 1.165) is 18.1 Å². The van der Waals surface area contributed by atoms with Gasteiger partial charge in [0.25, 0.3) is 0 Å². The molecule has 0 saturated heterocycles. The van der Waals surface area contributed by atoms with Crippen molar-refractivity contribution in [3.8, 4) is 6.07 Å². The van der Waals surface area contributed by atoms with Crippen LogP contribution in [-0.4, -0.2) is 19.6 Å². The zero-order chi connectivity index (χ0) is 16.7. The summed E-state index contributed by atoms with van der Waals surface area (Å²) in [4.78, 5) is 5.62. The van der Waals surface area contributed by atoms with E-state index in [1.54, 1.807) is 18.4 Å². The van der Waals surface area contributed by atoms with Crippen molar-refractivity contribution < 1.29 is 0 Å². The van der Waals surface area contributed by atoms with E-state index >= 15 is 0 Å². The average molecular weight is 454 g/mol. The van der Waals surface area contributed by atoms with Crippen molar-refractivity contribution in [2.24, 2.45) is 4.99 Å². The molecule has 2 N–H and O–H groups in total. The molecule has 128 valence electrons. The Bertz CT molecular complexity index is 685. The minimum absolute atomic E-state index is 0. The number of nitrogens with one attached hydrogen (secondary N) is 2. The second-order valence-corrected chi connectivity index (χ2v) is 6.90. The summed E-state index contributed by atoms with van der Waals surface area (Å²) in [5.74, 6) is 0.777. The number of halogens is 1. The van der Waals surface area contributed by atoms with Crippen LogP contribution >= 0.6 is 35.3 Å². The lowest BCUT2D eigenvalue weighted by Crippen LogP contribution is -2.42. The first-order valence-electron chi connectivity index (χ1n) is 7.53. The second-order valence-electron chi connectivity index (χ2n) is 5.95. The third-order valence-electron chi connectivity index (χ3n) is 3.65. The Morgan fingerprint density at radius 2 is 1.92 bits per heavy atom. The first kappa shape index (κ1) is 20.5. The van der Waals surface area contributed by atoms with Crippen molar-refractivity contribution in [3.05, 3.63) is 57.8 Å². The van der Waals surface area contributed by atoms with Crippen LogP contribution in [0.25, 0.3) is 0 Å². The van der Waals surface area contributed by atoms with Crippen LogP contribution in [0.15, 0.2) is 46.8 Å². The van der Waals surface area contributed by atoms with E-state index in [1.807, 2.05) is 24.3 Å². The fourth-order valence-electron chi connectivity index (χ4n) is 2.16. The van der Waals surface area contributed by atoms with Gasteiger partial charge in [0, 0.05) is 30.4 Å². The molecule has 0 radical (unpaired) electrons. The highest BCUT2D eigenvalue weighted by Gasteiger charge is 2.21. The van der Waals surface area contributed by atoms with Crippen molar-refractivity contribution in [2.75, 3.05) is 13.6 Å². The van der Waals surface area contributed by atoms with Gasteiger partial charge < -0.3 is 10.6 Å². The zero-order valence-corrected chi connectivity index (χ0v) is 17.3. The average Bonchev–Trinajstić information content (AvgIpc) is 3.11. The maximum atomic E-state index is 8.82. The third-order valence-corrected chi connectivity index (χ3v) is 4.89. The molecule has 4 nitrogen and oxygen atoms in total. The van der Waals surface area contributed by atoms with Gasteiger partial charge >= 0.3 is 0 Å². The van der Waals surface area contributed by atoms with Crippen LogP contribution < -0.4 is 10.6 Å². The monoisotopic (exact) mass is 454 g/mol. The number of nitrogens with zero attached hydrogens (tertiary/aromatic N) is 2. The van der Waals surface area contributed by atoms with Crippen LogP contribution in [0, 0.1) is 11.3 Å². The number of guanidine groups is 1. The Kier molecular flexibility index (Phi) is 8.22. The van der Waals surface area contributed by atoms with E-state index in [-0.39, 0.29) is 29.4 Å². The van der Waals surface area contributed by atoms with Crippen molar-refractivity contribution in [1.82, 2.24) is 10.6 Å². The van der Waals surface area contributed by atoms with Crippen LogP contribution in [-0.2, 0) is 12.0 Å². The van der Waals surface area contributed by atoms with E-state index in [4.69, 9.17) is 5.26 Å². The predicted octanol–water partition coefficient (Wildman–Crippen LogP) is 3.88. The summed E-state index contributed by atoms with van der Waals surface area (Å²) in [7, 11) is 1.77. The van der Waals surface area contributed by atoms with E-state index < -0.39 is 0 Å². The fourth-order valence-corrected chi connectivity index (χ4v) is 3.01. The molecule has 6 heteroatoms. The molecule has 0 fully saturated rings. The highest BCUT2D eigenvalue weighted by atomic mass is 127. The maximum absolute atomic E-state index is 8.82. The number of benzene rings is 1. The van der Waals surface area contributed by atoms with Gasteiger partial charge in [0.15, 0.2) is 5.96 Å². The molecule has 0 aliphatic carbocycles. The zero-order valence-electron chi connectivity index (χ0n) is 14.2. The van der Waals surface area contributed by atoms with E-state index in [9.17, 15) is 0 Å². The Hall–Kier alpha value is -1.59. The largest absolute Gasteiger partial charge is 0.356 e. The van der Waals surface area contributed by atoms with Gasteiger partial charge in [-0.1, -0.05) is 32.0 Å². The van der Waals surface area contributed by atoms with Gasteiger partial charge in [-0.05, 0) is 29.1 Å². The minimum Gasteiger partial charge on any atom is -0.356 e. The number of aliphatic imine (C=N–C) groups is 1. The molecule has 0 saturated carbocycles. The first-order valence-corrected chi connectivity index (χ1v) is 8.40. The highest BCUT2D eigenvalue weighted by molar-refractivity contribution is 14.0. The summed E-state index contributed by atoms with van der Waals surface area (Å²) < 4.78 is 0. The van der Waals surface area contributed by atoms with Crippen LogP contribution in [0.2, 0.25) is 0 Å². The molecular formula is C18H23IN4S. The fraction of sp³-hybridized carbons (Fsp3) is 0.333. The molecule has 2 rings (SSSR count). The molecule has 0 aliphatic heterocycles. The third kappa shape index (κ3) is 5.80. The minimum atomic E-state index is 0. The molecule has 1 heterocycles. The Balaban J connectivity index is 0.00000288. The molecule has 0 amide bonds. The summed E-state index contributed by atoms with van der Waals surface area (Å²) in [6.07, 6.45) is 0. The van der Waals surface area contributed by atoms with Gasteiger partial charge in [-0.3, -0.25) is 4.99 Å². The van der Waals surface area contributed by atoms with Gasteiger partial charge in [0.2, 0.25) is 0 Å². The van der Waals surface area contributed by atoms with Crippen molar-refractivity contribution in [2.45, 2.75) is 25.8 Å². The molecule has 0 spiro atoms. The molecule has 0 aliphatic rings. The Morgan fingerprint density at radius 3 is 2.46 bits per heavy atom. The summed E-state index contributed by atoms with van der Waals surface area (Å²) in [5, 5.41) is 17.6. The standard InChI is InChI=1S/C18H22N4S.HI/c1-18(2,16-5-4-10-23-16)13-22-17(20-3)21-12-15-8-6-14(11-19)7-9-15;/h4-10H,12-13H2,1-3H3,(H2,20,21,22);1H. The first-order chi connectivity index (χ1) is 11.0. The Labute approximate surface area is 165 Å². The predicted molar refractivity (Wildman–Crippen MR) is 112 cm³/mol. The second kappa shape index (κ2) is 9.64. The summed E-state index contributed by atoms with van der Waals surface area (Å²) in [5.41, 5.74) is 1.85. The van der Waals surface area contributed by atoms with E-state index in [0.29, 0.717) is 12.1 Å². The SMILES string of the molecule is CN=C(NCc1ccc(C#N)cc1)NCC(C)(C)c1cccs1.I. The lowest BCUT2D eigenvalue weighted by Gasteiger charge is -2.25. The number of thiophene rings is 1. The topological polar surface area (TPSA) is 60.2 Å². The van der Waals surface area contributed by atoms with Gasteiger partial charge in [0.1, 0.15) is 0 Å². The summed E-state index contributed by atoms with van der Waals surface area (Å²) in [6, 6.07) is 13.9. The van der Waals surface area contributed by atoms with E-state index in [2.05, 4.69) is 53.1 Å². The van der Waals surface area contributed by atoms with Gasteiger partial charge in [0.05, 0.1) is 11.6 Å². The van der Waals surface area contributed by atoms with Gasteiger partial charge in [-0.15, -0.1) is 35.3 Å². The Morgan fingerprint density at radius 1 is 1.21 bits per heavy atom. The van der Waals surface area contributed by atoms with Crippen molar-refractivity contribution in [3.63, 3.8) is 0 Å².